The van der Waals surface area contributed by atoms with Crippen LogP contribution in [0.2, 0.25) is 0 Å². The lowest BCUT2D eigenvalue weighted by Gasteiger charge is -2.22. The molecule has 0 spiro atoms. The zero-order chi connectivity index (χ0) is 25.6. The van der Waals surface area contributed by atoms with Crippen LogP contribution in [0.3, 0.4) is 0 Å². The van der Waals surface area contributed by atoms with E-state index in [1.807, 2.05) is 23.9 Å². The number of amidine groups is 1. The van der Waals surface area contributed by atoms with E-state index in [-0.39, 0.29) is 5.91 Å². The second-order valence-corrected chi connectivity index (χ2v) is 11.5. The number of hydrogen-bond acceptors (Lipinski definition) is 6. The Hall–Kier alpha value is -3.06. The maximum atomic E-state index is 14.0. The first kappa shape index (κ1) is 24.6. The molecule has 0 saturated heterocycles. The third kappa shape index (κ3) is 5.07. The molecule has 7 heteroatoms. The average molecular weight is 502 g/mol. The lowest BCUT2D eigenvalue weighted by atomic mass is 9.97. The Bertz CT molecular complexity index is 1340. The topological polar surface area (TPSA) is 61.2 Å². The molecule has 3 aliphatic rings. The van der Waals surface area contributed by atoms with Crippen LogP contribution in [0.25, 0.3) is 10.4 Å². The molecule has 1 amide bonds. The molecule has 6 nitrogen and oxygen atoms in total. The first-order valence-corrected chi connectivity index (χ1v) is 13.6. The lowest BCUT2D eigenvalue weighted by Crippen LogP contribution is -2.35. The number of benzene rings is 1. The van der Waals surface area contributed by atoms with Crippen LogP contribution in [0, 0.1) is 19.8 Å². The van der Waals surface area contributed by atoms with E-state index in [0.29, 0.717) is 24.6 Å². The minimum absolute atomic E-state index is 0.00992. The number of aromatic nitrogens is 1. The van der Waals surface area contributed by atoms with Crippen molar-refractivity contribution in [3.05, 3.63) is 57.9 Å². The molecule has 0 unspecified atom stereocenters. The van der Waals surface area contributed by atoms with Crippen molar-refractivity contribution in [2.75, 3.05) is 32.1 Å². The number of hydrogen-bond donors (Lipinski definition) is 0. The smallest absolute Gasteiger partial charge is 0.274 e. The normalized spacial score (nSPS) is 17.0. The lowest BCUT2D eigenvalue weighted by molar-refractivity contribution is 0.0748. The van der Waals surface area contributed by atoms with Crippen LogP contribution < -0.4 is 4.90 Å². The number of rotatable bonds is 8. The molecule has 2 aliphatic carbocycles. The van der Waals surface area contributed by atoms with Gasteiger partial charge in [-0.2, -0.15) is 0 Å². The van der Waals surface area contributed by atoms with Crippen molar-refractivity contribution in [2.45, 2.75) is 53.4 Å². The fourth-order valence-corrected chi connectivity index (χ4v) is 5.49. The third-order valence-electron chi connectivity index (χ3n) is 7.31. The fourth-order valence-electron chi connectivity index (χ4n) is 4.51. The molecular formula is C29H35N5OS. The number of aliphatic imine (C=N–C) groups is 2. The molecular weight excluding hydrogens is 466 g/mol. The number of allylic oxidation sites excluding steroid dienone is 4. The Balaban J connectivity index is 1.40. The van der Waals surface area contributed by atoms with Crippen LogP contribution in [-0.2, 0) is 0 Å². The van der Waals surface area contributed by atoms with Crippen LogP contribution in [0.4, 0.5) is 5.13 Å². The summed E-state index contributed by atoms with van der Waals surface area (Å²) in [6.45, 7) is 9.88. The van der Waals surface area contributed by atoms with Crippen molar-refractivity contribution >= 4 is 33.9 Å². The summed E-state index contributed by atoms with van der Waals surface area (Å²) in [7, 11) is 3.95. The highest BCUT2D eigenvalue weighted by Gasteiger charge is 2.31. The molecule has 1 aromatic carbocycles. The van der Waals surface area contributed by atoms with Crippen molar-refractivity contribution < 1.29 is 4.79 Å². The SMILES string of the molecule is CC1=C(C)CC2=NC(CCN(CC3CC3)C(=O)c3nc(N(C)C)sc3-c3ccc(C)c(C)c3)=NC2=C1. The highest BCUT2D eigenvalue weighted by Crippen LogP contribution is 2.37. The van der Waals surface area contributed by atoms with Gasteiger partial charge in [-0.05, 0) is 74.8 Å². The Kier molecular flexibility index (Phi) is 6.68. The van der Waals surface area contributed by atoms with Crippen LogP contribution in [-0.4, -0.2) is 54.5 Å². The summed E-state index contributed by atoms with van der Waals surface area (Å²) in [5, 5.41) is 0.846. The summed E-state index contributed by atoms with van der Waals surface area (Å²) < 4.78 is 0. The molecule has 188 valence electrons. The van der Waals surface area contributed by atoms with E-state index < -0.39 is 0 Å². The van der Waals surface area contributed by atoms with Crippen LogP contribution >= 0.6 is 11.3 Å². The van der Waals surface area contributed by atoms with Crippen LogP contribution in [0.1, 0.15) is 61.1 Å². The Morgan fingerprint density at radius 3 is 2.56 bits per heavy atom. The zero-order valence-electron chi connectivity index (χ0n) is 22.2. The molecule has 0 radical (unpaired) electrons. The number of fused-ring (bicyclic) bond motifs is 1. The van der Waals surface area contributed by atoms with Gasteiger partial charge in [0.05, 0.1) is 16.3 Å². The van der Waals surface area contributed by atoms with Gasteiger partial charge in [0.15, 0.2) is 5.13 Å². The summed E-state index contributed by atoms with van der Waals surface area (Å²) in [5.41, 5.74) is 8.74. The van der Waals surface area contributed by atoms with Gasteiger partial charge in [-0.1, -0.05) is 35.1 Å². The van der Waals surface area contributed by atoms with Gasteiger partial charge in [0.2, 0.25) is 0 Å². The van der Waals surface area contributed by atoms with Crippen LogP contribution in [0.15, 0.2) is 51.1 Å². The molecule has 1 aromatic heterocycles. The van der Waals surface area contributed by atoms with Gasteiger partial charge >= 0.3 is 0 Å². The van der Waals surface area contributed by atoms with Gasteiger partial charge in [-0.3, -0.25) is 4.79 Å². The van der Waals surface area contributed by atoms with Crippen LogP contribution in [0.5, 0.6) is 0 Å². The predicted molar refractivity (Wildman–Crippen MR) is 151 cm³/mol. The molecule has 1 saturated carbocycles. The summed E-state index contributed by atoms with van der Waals surface area (Å²) in [6.07, 6.45) is 6.02. The van der Waals surface area contributed by atoms with E-state index in [1.54, 1.807) is 11.3 Å². The minimum Gasteiger partial charge on any atom is -0.354 e. The molecule has 0 N–H and O–H groups in total. The van der Waals surface area contributed by atoms with Gasteiger partial charge < -0.3 is 9.80 Å². The van der Waals surface area contributed by atoms with E-state index in [4.69, 9.17) is 15.0 Å². The summed E-state index contributed by atoms with van der Waals surface area (Å²) in [4.78, 5) is 33.3. The second kappa shape index (κ2) is 9.77. The number of anilines is 1. The van der Waals surface area contributed by atoms with Crippen molar-refractivity contribution in [1.82, 2.24) is 9.88 Å². The quantitative estimate of drug-likeness (QED) is 0.432. The van der Waals surface area contributed by atoms with E-state index in [9.17, 15) is 4.79 Å². The largest absolute Gasteiger partial charge is 0.354 e. The molecule has 0 bridgehead atoms. The van der Waals surface area contributed by atoms with E-state index in [2.05, 4.69) is 52.0 Å². The molecule has 5 rings (SSSR count). The molecule has 1 fully saturated rings. The number of carbonyl (C=O) groups is 1. The van der Waals surface area contributed by atoms with Gasteiger partial charge in [0.1, 0.15) is 11.5 Å². The van der Waals surface area contributed by atoms with Gasteiger partial charge in [0.25, 0.3) is 5.91 Å². The van der Waals surface area contributed by atoms with Crippen molar-refractivity contribution in [3.63, 3.8) is 0 Å². The Morgan fingerprint density at radius 2 is 1.86 bits per heavy atom. The highest BCUT2D eigenvalue weighted by atomic mass is 32.1. The monoisotopic (exact) mass is 501 g/mol. The molecule has 1 aliphatic heterocycles. The van der Waals surface area contributed by atoms with E-state index in [1.165, 1.54) is 35.1 Å². The first-order valence-electron chi connectivity index (χ1n) is 12.8. The highest BCUT2D eigenvalue weighted by molar-refractivity contribution is 7.19. The minimum atomic E-state index is 0.00992. The second-order valence-electron chi connectivity index (χ2n) is 10.6. The maximum absolute atomic E-state index is 14.0. The van der Waals surface area contributed by atoms with Gasteiger partial charge in [0, 0.05) is 40.0 Å². The van der Waals surface area contributed by atoms with E-state index >= 15 is 0 Å². The van der Waals surface area contributed by atoms with Gasteiger partial charge in [-0.15, -0.1) is 0 Å². The summed E-state index contributed by atoms with van der Waals surface area (Å²) >= 11 is 1.58. The number of thiazole rings is 1. The summed E-state index contributed by atoms with van der Waals surface area (Å²) in [6, 6.07) is 6.40. The van der Waals surface area contributed by atoms with Gasteiger partial charge in [-0.25, -0.2) is 15.0 Å². The number of amides is 1. The molecule has 2 aromatic rings. The number of nitrogens with zero attached hydrogens (tertiary/aromatic N) is 5. The first-order chi connectivity index (χ1) is 17.2. The maximum Gasteiger partial charge on any atom is 0.274 e. The zero-order valence-corrected chi connectivity index (χ0v) is 23.0. The summed E-state index contributed by atoms with van der Waals surface area (Å²) in [5.74, 6) is 1.42. The molecule has 0 atom stereocenters. The Morgan fingerprint density at radius 1 is 1.08 bits per heavy atom. The standard InChI is InChI=1S/C29H35N5OS/c1-17-7-10-22(13-18(17)2)27-26(32-29(36-27)33(5)6)28(35)34(16-21-8-9-21)12-11-25-30-23-14-19(3)20(4)15-24(23)31-25/h7,10,13-14,21H,8-9,11-12,15-16H2,1-6H3. The third-order valence-corrected chi connectivity index (χ3v) is 8.58. The Labute approximate surface area is 218 Å². The molecule has 36 heavy (non-hydrogen) atoms. The van der Waals surface area contributed by atoms with Crippen molar-refractivity contribution in [3.8, 4) is 10.4 Å². The van der Waals surface area contributed by atoms with Crippen molar-refractivity contribution in [1.29, 1.82) is 0 Å². The average Bonchev–Trinajstić information content (AvgIpc) is 3.40. The predicted octanol–water partition coefficient (Wildman–Crippen LogP) is 6.21. The fraction of sp³-hybridized carbons (Fsp3) is 0.448. The number of aryl methyl sites for hydroxylation is 2. The van der Waals surface area contributed by atoms with E-state index in [0.717, 1.165) is 45.8 Å². The van der Waals surface area contributed by atoms with Crippen molar-refractivity contribution in [2.24, 2.45) is 15.9 Å². The molecule has 2 heterocycles. The number of carbonyl (C=O) groups excluding carboxylic acids is 1.